The minimum absolute atomic E-state index is 0. The molecule has 2 amide bonds. The van der Waals surface area contributed by atoms with E-state index in [9.17, 15) is 27.5 Å². The van der Waals surface area contributed by atoms with Crippen LogP contribution in [0.15, 0.2) is 30.3 Å². The number of hydroxylamine groups is 2. The Morgan fingerprint density at radius 1 is 1.32 bits per heavy atom. The molecule has 4 rings (SSSR count). The van der Waals surface area contributed by atoms with E-state index in [4.69, 9.17) is 4.55 Å². The molecule has 2 aliphatic heterocycles. The Morgan fingerprint density at radius 2 is 1.96 bits per heavy atom. The standard InChI is InChI=1S/C15H11FN2O7S2.Na/c16-8-3-1-7(2-4-8)11-5-9-10-6-17(12(14(19)20)13(9)26-11)15(21)18(10)25-27(22,23)24;/h1-5,10,12H,6H2,(H,19,20)(H,22,23,24);/q;+1/p-1/t10-,12+;/m1./s1. The molecule has 142 valence electrons. The van der Waals surface area contributed by atoms with Crippen LogP contribution in [0.25, 0.3) is 10.4 Å². The number of carbonyl (C=O) groups is 2. The molecular weight excluding hydrogens is 426 g/mol. The minimum atomic E-state index is -4.99. The van der Waals surface area contributed by atoms with Crippen LogP contribution in [0.2, 0.25) is 0 Å². The van der Waals surface area contributed by atoms with Crippen LogP contribution < -0.4 is 34.7 Å². The van der Waals surface area contributed by atoms with E-state index in [1.807, 2.05) is 0 Å². The van der Waals surface area contributed by atoms with Crippen LogP contribution in [0.5, 0.6) is 0 Å². The Labute approximate surface area is 184 Å². The summed E-state index contributed by atoms with van der Waals surface area (Å²) in [6, 6.07) is 3.72. The molecule has 28 heavy (non-hydrogen) atoms. The van der Waals surface area contributed by atoms with Gasteiger partial charge in [-0.25, -0.2) is 9.18 Å². The SMILES string of the molecule is O=C([O-])[C@@H]1c2sc(-c3ccc(F)cc3)cc2[C@H]2CN1C(=O)N2OS(=O)(=O)O.[Na+]. The van der Waals surface area contributed by atoms with Gasteiger partial charge in [-0.05, 0) is 29.3 Å². The maximum absolute atomic E-state index is 13.1. The molecule has 1 N–H and O–H groups in total. The molecule has 1 saturated heterocycles. The van der Waals surface area contributed by atoms with Crippen molar-refractivity contribution < 1.29 is 65.9 Å². The van der Waals surface area contributed by atoms with Gasteiger partial charge in [-0.1, -0.05) is 12.1 Å². The summed E-state index contributed by atoms with van der Waals surface area (Å²) in [6.07, 6.45) is 0. The maximum Gasteiger partial charge on any atom is 1.00 e. The van der Waals surface area contributed by atoms with Crippen molar-refractivity contribution >= 4 is 33.7 Å². The number of hydrogen-bond donors (Lipinski definition) is 1. The normalized spacial score (nSPS) is 20.7. The van der Waals surface area contributed by atoms with Gasteiger partial charge in [0.2, 0.25) is 0 Å². The van der Waals surface area contributed by atoms with Crippen LogP contribution in [0, 0.1) is 5.82 Å². The van der Waals surface area contributed by atoms with Gasteiger partial charge in [0.15, 0.2) is 0 Å². The first kappa shape index (κ1) is 21.2. The van der Waals surface area contributed by atoms with Crippen LogP contribution in [0.4, 0.5) is 9.18 Å². The van der Waals surface area contributed by atoms with Gasteiger partial charge in [0.25, 0.3) is 0 Å². The topological polar surface area (TPSA) is 127 Å². The molecular formula is C15H10FN2NaO7S2. The van der Waals surface area contributed by atoms with Crippen molar-refractivity contribution in [2.75, 3.05) is 6.54 Å². The first-order chi connectivity index (χ1) is 12.7. The molecule has 2 aliphatic rings. The number of carboxylic acid groups (broad SMARTS) is 1. The van der Waals surface area contributed by atoms with Crippen molar-refractivity contribution in [2.45, 2.75) is 12.1 Å². The number of aliphatic carboxylic acids is 1. The van der Waals surface area contributed by atoms with Crippen LogP contribution in [-0.4, -0.2) is 41.5 Å². The number of halogens is 1. The van der Waals surface area contributed by atoms with Crippen molar-refractivity contribution in [3.05, 3.63) is 46.6 Å². The third kappa shape index (κ3) is 3.56. The molecule has 0 aliphatic carbocycles. The zero-order valence-corrected chi connectivity index (χ0v) is 17.9. The predicted molar refractivity (Wildman–Crippen MR) is 86.8 cm³/mol. The molecule has 2 bridgehead atoms. The number of fused-ring (bicyclic) bond motifs is 4. The summed E-state index contributed by atoms with van der Waals surface area (Å²) in [6.45, 7) is -0.153. The number of carboxylic acids is 1. The van der Waals surface area contributed by atoms with Crippen LogP contribution >= 0.6 is 11.3 Å². The largest absolute Gasteiger partial charge is 1.00 e. The van der Waals surface area contributed by atoms with Gasteiger partial charge in [-0.15, -0.1) is 15.6 Å². The van der Waals surface area contributed by atoms with E-state index < -0.39 is 40.3 Å². The van der Waals surface area contributed by atoms with Gasteiger partial charge in [0, 0.05) is 9.75 Å². The van der Waals surface area contributed by atoms with E-state index in [2.05, 4.69) is 4.28 Å². The second kappa shape index (κ2) is 7.37. The van der Waals surface area contributed by atoms with E-state index >= 15 is 0 Å². The fourth-order valence-corrected chi connectivity index (χ4v) is 4.95. The summed E-state index contributed by atoms with van der Waals surface area (Å²) in [5, 5.41) is 12.1. The molecule has 0 saturated carbocycles. The second-order valence-corrected chi connectivity index (χ2v) is 8.03. The van der Waals surface area contributed by atoms with E-state index in [0.717, 1.165) is 16.2 Å². The van der Waals surface area contributed by atoms with E-state index in [0.29, 0.717) is 21.1 Å². The van der Waals surface area contributed by atoms with Crippen molar-refractivity contribution in [3.63, 3.8) is 0 Å². The smallest absolute Gasteiger partial charge is 0.547 e. The Morgan fingerprint density at radius 3 is 2.54 bits per heavy atom. The van der Waals surface area contributed by atoms with Gasteiger partial charge in [0.05, 0.1) is 12.5 Å². The zero-order valence-electron chi connectivity index (χ0n) is 14.2. The summed E-state index contributed by atoms with van der Waals surface area (Å²) in [4.78, 5) is 25.8. The molecule has 2 aromatic rings. The van der Waals surface area contributed by atoms with E-state index in [1.165, 1.54) is 24.3 Å². The maximum atomic E-state index is 13.1. The van der Waals surface area contributed by atoms with Crippen molar-refractivity contribution in [1.29, 1.82) is 0 Å². The second-order valence-electron chi connectivity index (χ2n) is 5.94. The fourth-order valence-electron chi connectivity index (χ4n) is 3.25. The minimum Gasteiger partial charge on any atom is -0.547 e. The average molecular weight is 436 g/mol. The first-order valence-corrected chi connectivity index (χ1v) is 9.71. The molecule has 0 spiro atoms. The van der Waals surface area contributed by atoms with Crippen molar-refractivity contribution in [2.24, 2.45) is 0 Å². The van der Waals surface area contributed by atoms with Crippen LogP contribution in [-0.2, 0) is 19.5 Å². The van der Waals surface area contributed by atoms with E-state index in [-0.39, 0.29) is 41.0 Å². The first-order valence-electron chi connectivity index (χ1n) is 7.53. The van der Waals surface area contributed by atoms with Crippen molar-refractivity contribution in [1.82, 2.24) is 9.96 Å². The molecule has 0 unspecified atom stereocenters. The summed E-state index contributed by atoms with van der Waals surface area (Å²) >= 11 is 1.07. The van der Waals surface area contributed by atoms with Gasteiger partial charge >= 0.3 is 46.0 Å². The van der Waals surface area contributed by atoms with Crippen LogP contribution in [0.1, 0.15) is 22.5 Å². The van der Waals surface area contributed by atoms with Gasteiger partial charge in [0.1, 0.15) is 17.9 Å². The number of carbonyl (C=O) groups excluding carboxylic acids is 2. The number of benzene rings is 1. The van der Waals surface area contributed by atoms with Gasteiger partial charge < -0.3 is 14.8 Å². The number of amides is 2. The number of urea groups is 1. The van der Waals surface area contributed by atoms with Gasteiger partial charge in [-0.3, -0.25) is 4.55 Å². The summed E-state index contributed by atoms with van der Waals surface area (Å²) in [7, 11) is -4.99. The zero-order chi connectivity index (χ0) is 19.5. The molecule has 13 heteroatoms. The number of nitrogens with zero attached hydrogens (tertiary/aromatic N) is 2. The number of hydrogen-bond acceptors (Lipinski definition) is 7. The Balaban J connectivity index is 0.00000225. The Kier molecular flexibility index (Phi) is 5.57. The third-order valence-corrected chi connectivity index (χ3v) is 5.92. The Bertz CT molecular complexity index is 1060. The fraction of sp³-hybridized carbons (Fsp3) is 0.200. The summed E-state index contributed by atoms with van der Waals surface area (Å²) < 4.78 is 48.6. The number of thiophene rings is 1. The quantitative estimate of drug-likeness (QED) is 0.429. The van der Waals surface area contributed by atoms with E-state index in [1.54, 1.807) is 6.07 Å². The number of rotatable bonds is 4. The van der Waals surface area contributed by atoms with Crippen molar-refractivity contribution in [3.8, 4) is 10.4 Å². The third-order valence-electron chi connectivity index (χ3n) is 4.32. The summed E-state index contributed by atoms with van der Waals surface area (Å²) in [5.74, 6) is -1.97. The molecule has 1 fully saturated rings. The molecule has 9 nitrogen and oxygen atoms in total. The molecule has 2 atom stereocenters. The monoisotopic (exact) mass is 436 g/mol. The summed E-state index contributed by atoms with van der Waals surface area (Å²) in [5.41, 5.74) is 0.978. The molecule has 1 aromatic carbocycles. The average Bonchev–Trinajstić information content (AvgIpc) is 3.11. The molecule has 3 heterocycles. The molecule has 0 radical (unpaired) electrons. The predicted octanol–water partition coefficient (Wildman–Crippen LogP) is -2.12. The van der Waals surface area contributed by atoms with Crippen LogP contribution in [0.3, 0.4) is 0 Å². The van der Waals surface area contributed by atoms with Gasteiger partial charge in [-0.2, -0.15) is 13.5 Å². The Hall–Kier alpha value is -1.54. The molecule has 1 aromatic heterocycles.